The lowest BCUT2D eigenvalue weighted by molar-refractivity contribution is 0.0398. The average molecular weight is 182 g/mol. The van der Waals surface area contributed by atoms with Gasteiger partial charge in [0.1, 0.15) is 0 Å². The van der Waals surface area contributed by atoms with Crippen LogP contribution < -0.4 is 0 Å². The lowest BCUT2D eigenvalue weighted by Gasteiger charge is -2.29. The maximum atomic E-state index is 9.91. The molecule has 1 N–H and O–H groups in total. The molecule has 76 valence electrons. The van der Waals surface area contributed by atoms with Gasteiger partial charge in [-0.3, -0.25) is 0 Å². The smallest absolute Gasteiger partial charge is 0.0591 e. The third-order valence-electron chi connectivity index (χ3n) is 2.93. The van der Waals surface area contributed by atoms with Crippen molar-refractivity contribution in [2.75, 3.05) is 0 Å². The van der Waals surface area contributed by atoms with E-state index < -0.39 is 0 Å². The zero-order chi connectivity index (χ0) is 9.90. The Labute approximate surface area is 81.9 Å². The quantitative estimate of drug-likeness (QED) is 0.650. The van der Waals surface area contributed by atoms with Gasteiger partial charge < -0.3 is 5.11 Å². The van der Waals surface area contributed by atoms with Gasteiger partial charge in [0.05, 0.1) is 6.10 Å². The highest BCUT2D eigenvalue weighted by atomic mass is 16.3. The molecule has 0 amide bonds. The van der Waals surface area contributed by atoms with Gasteiger partial charge in [0.15, 0.2) is 0 Å². The largest absolute Gasteiger partial charge is 0.393 e. The molecule has 1 aliphatic carbocycles. The zero-order valence-corrected chi connectivity index (χ0v) is 9.09. The minimum atomic E-state index is -0.149. The van der Waals surface area contributed by atoms with E-state index in [1.165, 1.54) is 12.8 Å². The molecule has 0 aromatic carbocycles. The lowest BCUT2D eigenvalue weighted by atomic mass is 9.80. The summed E-state index contributed by atoms with van der Waals surface area (Å²) in [6.45, 7) is 6.32. The Morgan fingerprint density at radius 2 is 2.08 bits per heavy atom. The third kappa shape index (κ3) is 3.51. The molecule has 0 spiro atoms. The van der Waals surface area contributed by atoms with Crippen LogP contribution in [0.1, 0.15) is 46.5 Å². The Bertz CT molecular complexity index is 176. The summed E-state index contributed by atoms with van der Waals surface area (Å²) in [4.78, 5) is 0. The molecule has 0 fully saturated rings. The van der Waals surface area contributed by atoms with Crippen molar-refractivity contribution in [3.63, 3.8) is 0 Å². The molecular weight excluding hydrogens is 160 g/mol. The highest BCUT2D eigenvalue weighted by Gasteiger charge is 2.25. The first-order chi connectivity index (χ1) is 6.00. The van der Waals surface area contributed by atoms with E-state index in [1.54, 1.807) is 0 Å². The number of aliphatic hydroxyl groups excluding tert-OH is 1. The van der Waals surface area contributed by atoms with Gasteiger partial charge in [-0.15, -0.1) is 0 Å². The maximum absolute atomic E-state index is 9.91. The van der Waals surface area contributed by atoms with E-state index in [0.717, 1.165) is 12.8 Å². The predicted molar refractivity (Wildman–Crippen MR) is 56.6 cm³/mol. The molecular formula is C12H22O. The first-order valence-electron chi connectivity index (χ1n) is 5.33. The predicted octanol–water partition coefficient (Wildman–Crippen LogP) is 3.14. The van der Waals surface area contributed by atoms with Crippen LogP contribution in [-0.2, 0) is 0 Å². The van der Waals surface area contributed by atoms with Crippen molar-refractivity contribution in [2.45, 2.75) is 52.6 Å². The van der Waals surface area contributed by atoms with Gasteiger partial charge in [-0.1, -0.05) is 32.9 Å². The van der Waals surface area contributed by atoms with Crippen LogP contribution in [0, 0.1) is 11.3 Å². The number of hydrogen-bond acceptors (Lipinski definition) is 1. The monoisotopic (exact) mass is 182 g/mol. The van der Waals surface area contributed by atoms with Gasteiger partial charge in [0.2, 0.25) is 0 Å². The van der Waals surface area contributed by atoms with Crippen molar-refractivity contribution in [2.24, 2.45) is 11.3 Å². The van der Waals surface area contributed by atoms with Gasteiger partial charge >= 0.3 is 0 Å². The normalized spacial score (nSPS) is 26.0. The molecule has 0 radical (unpaired) electrons. The molecule has 0 aromatic rings. The molecule has 0 heterocycles. The van der Waals surface area contributed by atoms with Gasteiger partial charge in [-0.25, -0.2) is 0 Å². The average Bonchev–Trinajstić information content (AvgIpc) is 2.04. The Morgan fingerprint density at radius 1 is 1.38 bits per heavy atom. The molecule has 13 heavy (non-hydrogen) atoms. The zero-order valence-electron chi connectivity index (χ0n) is 9.09. The summed E-state index contributed by atoms with van der Waals surface area (Å²) in [6.07, 6.45) is 8.93. The number of hydrogen-bond donors (Lipinski definition) is 1. The second kappa shape index (κ2) is 4.28. The second-order valence-electron chi connectivity index (χ2n) is 5.27. The Morgan fingerprint density at radius 3 is 2.54 bits per heavy atom. The van der Waals surface area contributed by atoms with Crippen molar-refractivity contribution >= 4 is 0 Å². The van der Waals surface area contributed by atoms with Crippen molar-refractivity contribution in [1.29, 1.82) is 0 Å². The van der Waals surface area contributed by atoms with Gasteiger partial charge in [0, 0.05) is 0 Å². The lowest BCUT2D eigenvalue weighted by Crippen LogP contribution is -2.28. The van der Waals surface area contributed by atoms with E-state index in [1.807, 2.05) is 0 Å². The van der Waals surface area contributed by atoms with E-state index in [4.69, 9.17) is 0 Å². The minimum absolute atomic E-state index is 0.0428. The van der Waals surface area contributed by atoms with E-state index in [-0.39, 0.29) is 11.5 Å². The van der Waals surface area contributed by atoms with Crippen LogP contribution in [0.2, 0.25) is 0 Å². The summed E-state index contributed by atoms with van der Waals surface area (Å²) in [5.41, 5.74) is 0.0428. The second-order valence-corrected chi connectivity index (χ2v) is 5.27. The first-order valence-corrected chi connectivity index (χ1v) is 5.33. The molecule has 1 aliphatic rings. The molecule has 0 bridgehead atoms. The summed E-state index contributed by atoms with van der Waals surface area (Å²) in [7, 11) is 0. The number of allylic oxidation sites excluding steroid dienone is 2. The van der Waals surface area contributed by atoms with Crippen molar-refractivity contribution in [3.8, 4) is 0 Å². The number of rotatable bonds is 2. The molecule has 0 saturated carbocycles. The van der Waals surface area contributed by atoms with Crippen molar-refractivity contribution in [1.82, 2.24) is 0 Å². The van der Waals surface area contributed by atoms with Crippen LogP contribution in [0.25, 0.3) is 0 Å². The summed E-state index contributed by atoms with van der Waals surface area (Å²) < 4.78 is 0. The standard InChI is InChI=1S/C12H22O/c1-12(2,3)11(13)9-10-7-5-4-6-8-10/h4-5,10-11,13H,6-9H2,1-3H3. The highest BCUT2D eigenvalue weighted by Crippen LogP contribution is 2.29. The van der Waals surface area contributed by atoms with Crippen molar-refractivity contribution in [3.05, 3.63) is 12.2 Å². The molecule has 2 unspecified atom stereocenters. The minimum Gasteiger partial charge on any atom is -0.393 e. The molecule has 1 rings (SSSR count). The Hall–Kier alpha value is -0.300. The molecule has 1 heteroatoms. The fourth-order valence-corrected chi connectivity index (χ4v) is 1.74. The van der Waals surface area contributed by atoms with Crippen LogP contribution in [0.15, 0.2) is 12.2 Å². The number of aliphatic hydroxyl groups is 1. The fraction of sp³-hybridized carbons (Fsp3) is 0.833. The van der Waals surface area contributed by atoms with E-state index in [9.17, 15) is 5.11 Å². The van der Waals surface area contributed by atoms with Crippen LogP contribution in [0.4, 0.5) is 0 Å². The topological polar surface area (TPSA) is 20.2 Å². The Balaban J connectivity index is 2.35. The van der Waals surface area contributed by atoms with Crippen molar-refractivity contribution < 1.29 is 5.11 Å². The van der Waals surface area contributed by atoms with E-state index >= 15 is 0 Å². The fourth-order valence-electron chi connectivity index (χ4n) is 1.74. The molecule has 0 saturated heterocycles. The summed E-state index contributed by atoms with van der Waals surface area (Å²) in [5.74, 6) is 0.708. The first kappa shape index (κ1) is 10.8. The SMILES string of the molecule is CC(C)(C)C(O)CC1CC=CCC1. The Kier molecular flexibility index (Phi) is 3.55. The molecule has 1 nitrogen and oxygen atoms in total. The van der Waals surface area contributed by atoms with Crippen LogP contribution >= 0.6 is 0 Å². The van der Waals surface area contributed by atoms with Crippen LogP contribution in [-0.4, -0.2) is 11.2 Å². The third-order valence-corrected chi connectivity index (χ3v) is 2.93. The summed E-state index contributed by atoms with van der Waals surface area (Å²) in [5, 5.41) is 9.91. The van der Waals surface area contributed by atoms with Crippen LogP contribution in [0.3, 0.4) is 0 Å². The molecule has 0 aliphatic heterocycles. The summed E-state index contributed by atoms with van der Waals surface area (Å²) in [6, 6.07) is 0. The van der Waals surface area contributed by atoms with E-state index in [2.05, 4.69) is 32.9 Å². The van der Waals surface area contributed by atoms with Gasteiger partial charge in [0.25, 0.3) is 0 Å². The maximum Gasteiger partial charge on any atom is 0.0591 e. The van der Waals surface area contributed by atoms with Gasteiger partial charge in [-0.05, 0) is 37.0 Å². The van der Waals surface area contributed by atoms with Crippen LogP contribution in [0.5, 0.6) is 0 Å². The molecule has 2 atom stereocenters. The molecule has 0 aromatic heterocycles. The summed E-state index contributed by atoms with van der Waals surface area (Å²) >= 11 is 0. The van der Waals surface area contributed by atoms with E-state index in [0.29, 0.717) is 5.92 Å². The van der Waals surface area contributed by atoms with Gasteiger partial charge in [-0.2, -0.15) is 0 Å². The highest BCUT2D eigenvalue weighted by molar-refractivity contribution is 4.91.